The second-order valence-corrected chi connectivity index (χ2v) is 3.86. The molecular weight excluding hydrogens is 184 g/mol. The number of hydrogen-bond acceptors (Lipinski definition) is 3. The topological polar surface area (TPSA) is 37.3 Å². The maximum Gasteiger partial charge on any atom is 0.200 e. The molecule has 1 aromatic heterocycles. The fourth-order valence-corrected chi connectivity index (χ4v) is 1.72. The molecule has 0 aliphatic carbocycles. The highest BCUT2D eigenvalue weighted by atomic mass is 35.5. The number of carbonyl (C=O) groups excluding carboxylic acids is 1. The predicted molar refractivity (Wildman–Crippen MR) is 45.3 cm³/mol. The van der Waals surface area contributed by atoms with Gasteiger partial charge in [-0.05, 0) is 19.1 Å². The van der Waals surface area contributed by atoms with Crippen LogP contribution in [0.2, 0.25) is 4.34 Å². The van der Waals surface area contributed by atoms with Gasteiger partial charge < -0.3 is 5.11 Å². The molecule has 2 nitrogen and oxygen atoms in total. The van der Waals surface area contributed by atoms with Gasteiger partial charge in [0.2, 0.25) is 5.78 Å². The van der Waals surface area contributed by atoms with Crippen molar-refractivity contribution in [1.82, 2.24) is 0 Å². The minimum atomic E-state index is -0.940. The van der Waals surface area contributed by atoms with Crippen LogP contribution in [0.4, 0.5) is 0 Å². The number of Topliss-reactive ketones (excluding diaryl/α,β-unsaturated/α-hetero) is 1. The summed E-state index contributed by atoms with van der Waals surface area (Å²) in [6.07, 6.45) is -0.940. The van der Waals surface area contributed by atoms with Gasteiger partial charge in [0.1, 0.15) is 6.10 Å². The van der Waals surface area contributed by atoms with Gasteiger partial charge >= 0.3 is 0 Å². The largest absolute Gasteiger partial charge is 0.385 e. The van der Waals surface area contributed by atoms with E-state index in [-0.39, 0.29) is 5.78 Å². The fourth-order valence-electron chi connectivity index (χ4n) is 0.653. The van der Waals surface area contributed by atoms with Crippen LogP contribution < -0.4 is 0 Å². The van der Waals surface area contributed by atoms with Gasteiger partial charge in [-0.15, -0.1) is 11.3 Å². The normalized spacial score (nSPS) is 13.0. The standard InChI is InChI=1S/C7H7ClO2S/c1-4(9)7(10)5-2-3-6(8)11-5/h2-4,9H,1H3/t4-/m1/s1. The summed E-state index contributed by atoms with van der Waals surface area (Å²) in [5, 5.41) is 8.90. The summed E-state index contributed by atoms with van der Waals surface area (Å²) in [6.45, 7) is 1.44. The Kier molecular flexibility index (Phi) is 2.65. The number of aliphatic hydroxyl groups is 1. The van der Waals surface area contributed by atoms with E-state index in [0.717, 1.165) is 0 Å². The van der Waals surface area contributed by atoms with E-state index in [0.29, 0.717) is 9.21 Å². The summed E-state index contributed by atoms with van der Waals surface area (Å²) < 4.78 is 0.564. The molecular formula is C7H7ClO2S. The van der Waals surface area contributed by atoms with Crippen LogP contribution in [0.3, 0.4) is 0 Å². The lowest BCUT2D eigenvalue weighted by Crippen LogP contribution is -2.14. The Morgan fingerprint density at radius 3 is 2.73 bits per heavy atom. The third-order valence-electron chi connectivity index (χ3n) is 1.20. The Morgan fingerprint density at radius 1 is 1.73 bits per heavy atom. The Hall–Kier alpha value is -0.380. The molecule has 0 aliphatic rings. The first-order valence-electron chi connectivity index (χ1n) is 3.09. The van der Waals surface area contributed by atoms with E-state index < -0.39 is 6.10 Å². The highest BCUT2D eigenvalue weighted by Crippen LogP contribution is 2.22. The number of ketones is 1. The van der Waals surface area contributed by atoms with Crippen molar-refractivity contribution >= 4 is 28.7 Å². The quantitative estimate of drug-likeness (QED) is 0.724. The van der Waals surface area contributed by atoms with Crippen molar-refractivity contribution in [3.05, 3.63) is 21.3 Å². The number of hydrogen-bond donors (Lipinski definition) is 1. The van der Waals surface area contributed by atoms with Gasteiger partial charge in [-0.2, -0.15) is 0 Å². The molecule has 0 aliphatic heterocycles. The average molecular weight is 191 g/mol. The lowest BCUT2D eigenvalue weighted by Gasteiger charge is -1.97. The van der Waals surface area contributed by atoms with E-state index in [1.165, 1.54) is 18.3 Å². The zero-order valence-corrected chi connectivity index (χ0v) is 7.45. The summed E-state index contributed by atoms with van der Waals surface area (Å²) in [7, 11) is 0. The van der Waals surface area contributed by atoms with Crippen molar-refractivity contribution in [3.8, 4) is 0 Å². The third-order valence-corrected chi connectivity index (χ3v) is 2.44. The minimum absolute atomic E-state index is 0.276. The van der Waals surface area contributed by atoms with Crippen LogP contribution in [0, 0.1) is 0 Å². The van der Waals surface area contributed by atoms with Crippen molar-refractivity contribution < 1.29 is 9.90 Å². The molecule has 1 N–H and O–H groups in total. The summed E-state index contributed by atoms with van der Waals surface area (Å²) in [4.78, 5) is 11.6. The van der Waals surface area contributed by atoms with E-state index in [1.807, 2.05) is 0 Å². The maximum absolute atomic E-state index is 11.1. The van der Waals surface area contributed by atoms with E-state index in [2.05, 4.69) is 0 Å². The van der Waals surface area contributed by atoms with Crippen LogP contribution in [-0.4, -0.2) is 17.0 Å². The van der Waals surface area contributed by atoms with Crippen LogP contribution >= 0.6 is 22.9 Å². The highest BCUT2D eigenvalue weighted by Gasteiger charge is 2.13. The van der Waals surface area contributed by atoms with Crippen molar-refractivity contribution in [2.45, 2.75) is 13.0 Å². The summed E-state index contributed by atoms with van der Waals surface area (Å²) in [5.74, 6) is -0.276. The van der Waals surface area contributed by atoms with Gasteiger partial charge in [-0.3, -0.25) is 4.79 Å². The molecule has 0 bridgehead atoms. The van der Waals surface area contributed by atoms with Gasteiger partial charge in [0, 0.05) is 0 Å². The van der Waals surface area contributed by atoms with Gasteiger partial charge in [-0.25, -0.2) is 0 Å². The van der Waals surface area contributed by atoms with Crippen molar-refractivity contribution in [2.75, 3.05) is 0 Å². The highest BCUT2D eigenvalue weighted by molar-refractivity contribution is 7.18. The van der Waals surface area contributed by atoms with Gasteiger partial charge in [-0.1, -0.05) is 11.6 Å². The molecule has 0 amide bonds. The third kappa shape index (κ3) is 2.02. The zero-order chi connectivity index (χ0) is 8.43. The van der Waals surface area contributed by atoms with Crippen molar-refractivity contribution in [2.24, 2.45) is 0 Å². The molecule has 1 heterocycles. The Labute approximate surface area is 73.4 Å². The molecule has 0 aromatic carbocycles. The smallest absolute Gasteiger partial charge is 0.200 e. The van der Waals surface area contributed by atoms with E-state index in [1.54, 1.807) is 12.1 Å². The second kappa shape index (κ2) is 3.34. The Bertz CT molecular complexity index is 267. The zero-order valence-electron chi connectivity index (χ0n) is 5.87. The molecule has 0 fully saturated rings. The Morgan fingerprint density at radius 2 is 2.36 bits per heavy atom. The summed E-state index contributed by atoms with van der Waals surface area (Å²) >= 11 is 6.77. The molecule has 4 heteroatoms. The molecule has 60 valence electrons. The molecule has 1 atom stereocenters. The van der Waals surface area contributed by atoms with E-state index >= 15 is 0 Å². The van der Waals surface area contributed by atoms with Crippen LogP contribution in [0.5, 0.6) is 0 Å². The monoisotopic (exact) mass is 190 g/mol. The lowest BCUT2D eigenvalue weighted by molar-refractivity contribution is 0.0784. The molecule has 0 unspecified atom stereocenters. The molecule has 0 radical (unpaired) electrons. The van der Waals surface area contributed by atoms with Gasteiger partial charge in [0.05, 0.1) is 9.21 Å². The van der Waals surface area contributed by atoms with Crippen LogP contribution in [0.15, 0.2) is 12.1 Å². The minimum Gasteiger partial charge on any atom is -0.385 e. The SMILES string of the molecule is C[C@@H](O)C(=O)c1ccc(Cl)s1. The number of halogens is 1. The van der Waals surface area contributed by atoms with Gasteiger partial charge in [0.25, 0.3) is 0 Å². The number of rotatable bonds is 2. The molecule has 0 saturated heterocycles. The number of carbonyl (C=O) groups is 1. The summed E-state index contributed by atoms with van der Waals surface area (Å²) in [6, 6.07) is 3.25. The average Bonchev–Trinajstić information content (AvgIpc) is 2.34. The summed E-state index contributed by atoms with van der Waals surface area (Å²) in [5.41, 5.74) is 0. The molecule has 0 saturated carbocycles. The first-order chi connectivity index (χ1) is 5.11. The molecule has 0 spiro atoms. The first kappa shape index (κ1) is 8.71. The lowest BCUT2D eigenvalue weighted by atomic mass is 10.2. The van der Waals surface area contributed by atoms with E-state index in [9.17, 15) is 4.79 Å². The van der Waals surface area contributed by atoms with Gasteiger partial charge in [0.15, 0.2) is 0 Å². The van der Waals surface area contributed by atoms with E-state index in [4.69, 9.17) is 16.7 Å². The van der Waals surface area contributed by atoms with Crippen LogP contribution in [0.1, 0.15) is 16.6 Å². The van der Waals surface area contributed by atoms with Crippen molar-refractivity contribution in [1.29, 1.82) is 0 Å². The molecule has 1 aromatic rings. The predicted octanol–water partition coefficient (Wildman–Crippen LogP) is 1.96. The number of thiophene rings is 1. The molecule has 1 rings (SSSR count). The first-order valence-corrected chi connectivity index (χ1v) is 4.28. The van der Waals surface area contributed by atoms with Crippen LogP contribution in [-0.2, 0) is 0 Å². The van der Waals surface area contributed by atoms with Crippen molar-refractivity contribution in [3.63, 3.8) is 0 Å². The van der Waals surface area contributed by atoms with Crippen LogP contribution in [0.25, 0.3) is 0 Å². The maximum atomic E-state index is 11.1. The molecule has 11 heavy (non-hydrogen) atoms. The number of aliphatic hydroxyl groups excluding tert-OH is 1. The fraction of sp³-hybridized carbons (Fsp3) is 0.286. The Balaban J connectivity index is 2.85. The second-order valence-electron chi connectivity index (χ2n) is 2.14.